The van der Waals surface area contributed by atoms with Gasteiger partial charge in [-0.25, -0.2) is 4.39 Å². The Morgan fingerprint density at radius 2 is 1.88 bits per heavy atom. The molecule has 25 heavy (non-hydrogen) atoms. The molecule has 0 fully saturated rings. The highest BCUT2D eigenvalue weighted by atomic mass is 19.1. The summed E-state index contributed by atoms with van der Waals surface area (Å²) in [4.78, 5) is 24.0. The number of nitrogens with one attached hydrogen (secondary N) is 1. The van der Waals surface area contributed by atoms with Crippen LogP contribution in [0.1, 0.15) is 29.8 Å². The first-order valence-corrected chi connectivity index (χ1v) is 7.74. The molecule has 0 aliphatic rings. The normalized spacial score (nSPS) is 11.6. The van der Waals surface area contributed by atoms with Crippen LogP contribution in [0.25, 0.3) is 0 Å². The number of carbonyl (C=O) groups excluding carboxylic acids is 2. The molecule has 5 nitrogen and oxygen atoms in total. The summed E-state index contributed by atoms with van der Waals surface area (Å²) in [5.74, 6) is -0.290. The van der Waals surface area contributed by atoms with Crippen molar-refractivity contribution in [2.75, 3.05) is 12.4 Å². The minimum Gasteiger partial charge on any atom is -0.497 e. The molecule has 2 aromatic rings. The molecule has 0 saturated carbocycles. The number of halogens is 1. The van der Waals surface area contributed by atoms with E-state index in [0.29, 0.717) is 22.6 Å². The summed E-state index contributed by atoms with van der Waals surface area (Å²) in [5, 5.41) is 2.59. The van der Waals surface area contributed by atoms with Gasteiger partial charge < -0.3 is 14.8 Å². The van der Waals surface area contributed by atoms with Gasteiger partial charge in [-0.1, -0.05) is 6.07 Å². The third-order valence-corrected chi connectivity index (χ3v) is 3.68. The average molecular weight is 345 g/mol. The summed E-state index contributed by atoms with van der Waals surface area (Å²) in [6.45, 7) is 4.59. The number of rotatable bonds is 6. The Morgan fingerprint density at radius 1 is 1.16 bits per heavy atom. The molecule has 0 saturated heterocycles. The van der Waals surface area contributed by atoms with Gasteiger partial charge in [0.1, 0.15) is 17.3 Å². The average Bonchev–Trinajstić information content (AvgIpc) is 2.57. The quantitative estimate of drug-likeness (QED) is 0.810. The Hall–Kier alpha value is -2.89. The molecular formula is C19H20FNO4. The highest BCUT2D eigenvalue weighted by Gasteiger charge is 2.19. The van der Waals surface area contributed by atoms with E-state index < -0.39 is 17.8 Å². The molecule has 0 bridgehead atoms. The van der Waals surface area contributed by atoms with E-state index in [0.717, 1.165) is 0 Å². The van der Waals surface area contributed by atoms with E-state index in [1.165, 1.54) is 20.1 Å². The molecular weight excluding hydrogens is 325 g/mol. The number of anilines is 1. The van der Waals surface area contributed by atoms with Gasteiger partial charge in [-0.3, -0.25) is 9.59 Å². The fourth-order valence-corrected chi connectivity index (χ4v) is 2.18. The second-order valence-corrected chi connectivity index (χ2v) is 5.63. The van der Waals surface area contributed by atoms with Crippen LogP contribution in [-0.4, -0.2) is 24.9 Å². The molecule has 2 aromatic carbocycles. The van der Waals surface area contributed by atoms with Crippen LogP contribution in [0.2, 0.25) is 0 Å². The topological polar surface area (TPSA) is 64.6 Å². The van der Waals surface area contributed by atoms with Crippen LogP contribution in [-0.2, 0) is 4.79 Å². The Kier molecular flexibility index (Phi) is 5.75. The summed E-state index contributed by atoms with van der Waals surface area (Å²) in [6.07, 6.45) is -0.894. The first-order chi connectivity index (χ1) is 11.8. The van der Waals surface area contributed by atoms with Crippen molar-refractivity contribution in [1.82, 2.24) is 0 Å². The highest BCUT2D eigenvalue weighted by Crippen LogP contribution is 2.26. The fraction of sp³-hybridized carbons (Fsp3) is 0.263. The lowest BCUT2D eigenvalue weighted by molar-refractivity contribution is -0.122. The Morgan fingerprint density at radius 3 is 2.48 bits per heavy atom. The smallest absolute Gasteiger partial charge is 0.265 e. The standard InChI is InChI=1S/C19H20FNO4/c1-11-5-6-14(9-17(11)20)21-19(23)13(3)25-18-10-15(24-4)7-8-16(18)12(2)22/h5-10,13H,1-4H3,(H,21,23). The Labute approximate surface area is 145 Å². The maximum atomic E-state index is 13.6. The molecule has 0 aliphatic carbocycles. The molecule has 0 spiro atoms. The minimum absolute atomic E-state index is 0.189. The molecule has 1 unspecified atom stereocenters. The monoisotopic (exact) mass is 345 g/mol. The van der Waals surface area contributed by atoms with Crippen molar-refractivity contribution >= 4 is 17.4 Å². The van der Waals surface area contributed by atoms with E-state index >= 15 is 0 Å². The van der Waals surface area contributed by atoms with Crippen LogP contribution in [0.15, 0.2) is 36.4 Å². The number of Topliss-reactive ketones (excluding diaryl/α,β-unsaturated/α-hetero) is 1. The van der Waals surface area contributed by atoms with Crippen molar-refractivity contribution in [3.8, 4) is 11.5 Å². The zero-order valence-corrected chi connectivity index (χ0v) is 14.6. The zero-order chi connectivity index (χ0) is 18.6. The maximum Gasteiger partial charge on any atom is 0.265 e. The van der Waals surface area contributed by atoms with Gasteiger partial charge in [0.15, 0.2) is 11.9 Å². The lowest BCUT2D eigenvalue weighted by Gasteiger charge is -2.17. The molecule has 0 radical (unpaired) electrons. The van der Waals surface area contributed by atoms with E-state index in [4.69, 9.17) is 9.47 Å². The van der Waals surface area contributed by atoms with Gasteiger partial charge in [-0.2, -0.15) is 0 Å². The van der Waals surface area contributed by atoms with Gasteiger partial charge in [0.2, 0.25) is 0 Å². The van der Waals surface area contributed by atoms with Gasteiger partial charge in [0.05, 0.1) is 12.7 Å². The van der Waals surface area contributed by atoms with Gasteiger partial charge in [0.25, 0.3) is 5.91 Å². The molecule has 1 N–H and O–H groups in total. The predicted octanol–water partition coefficient (Wildman–Crippen LogP) is 3.75. The molecule has 0 heterocycles. The number of hydrogen-bond donors (Lipinski definition) is 1. The maximum absolute atomic E-state index is 13.6. The van der Waals surface area contributed by atoms with Crippen LogP contribution in [0, 0.1) is 12.7 Å². The first kappa shape index (κ1) is 18.4. The third-order valence-electron chi connectivity index (χ3n) is 3.68. The second-order valence-electron chi connectivity index (χ2n) is 5.63. The highest BCUT2D eigenvalue weighted by molar-refractivity contribution is 5.98. The SMILES string of the molecule is COc1ccc(C(C)=O)c(OC(C)C(=O)Nc2ccc(C)c(F)c2)c1. The van der Waals surface area contributed by atoms with Crippen molar-refractivity contribution in [1.29, 1.82) is 0 Å². The van der Waals surface area contributed by atoms with Crippen molar-refractivity contribution in [3.05, 3.63) is 53.3 Å². The third kappa shape index (κ3) is 4.56. The predicted molar refractivity (Wildman–Crippen MR) is 92.9 cm³/mol. The number of benzene rings is 2. The number of ether oxygens (including phenoxy) is 2. The van der Waals surface area contributed by atoms with Crippen molar-refractivity contribution in [2.45, 2.75) is 26.9 Å². The van der Waals surface area contributed by atoms with Crippen molar-refractivity contribution in [3.63, 3.8) is 0 Å². The molecule has 0 aliphatic heterocycles. The van der Waals surface area contributed by atoms with Crippen LogP contribution >= 0.6 is 0 Å². The van der Waals surface area contributed by atoms with E-state index in [9.17, 15) is 14.0 Å². The van der Waals surface area contributed by atoms with E-state index in [1.807, 2.05) is 0 Å². The molecule has 132 valence electrons. The van der Waals surface area contributed by atoms with Crippen LogP contribution in [0.5, 0.6) is 11.5 Å². The van der Waals surface area contributed by atoms with E-state index in [-0.39, 0.29) is 11.5 Å². The van der Waals surface area contributed by atoms with Gasteiger partial charge in [-0.15, -0.1) is 0 Å². The van der Waals surface area contributed by atoms with Crippen molar-refractivity contribution < 1.29 is 23.5 Å². The first-order valence-electron chi connectivity index (χ1n) is 7.74. The number of carbonyl (C=O) groups is 2. The summed E-state index contributed by atoms with van der Waals surface area (Å²) in [7, 11) is 1.49. The van der Waals surface area contributed by atoms with Gasteiger partial charge >= 0.3 is 0 Å². The fourth-order valence-electron chi connectivity index (χ4n) is 2.18. The minimum atomic E-state index is -0.894. The number of ketones is 1. The number of methoxy groups -OCH3 is 1. The lowest BCUT2D eigenvalue weighted by atomic mass is 10.1. The Bertz CT molecular complexity index is 804. The van der Waals surface area contributed by atoms with Crippen LogP contribution in [0.3, 0.4) is 0 Å². The van der Waals surface area contributed by atoms with Gasteiger partial charge in [0, 0.05) is 11.8 Å². The lowest BCUT2D eigenvalue weighted by Crippen LogP contribution is -2.30. The molecule has 1 atom stereocenters. The summed E-state index contributed by atoms with van der Waals surface area (Å²) in [6, 6.07) is 9.19. The molecule has 6 heteroatoms. The number of amides is 1. The molecule has 0 aromatic heterocycles. The number of hydrogen-bond acceptors (Lipinski definition) is 4. The zero-order valence-electron chi connectivity index (χ0n) is 14.6. The number of aryl methyl sites for hydroxylation is 1. The summed E-state index contributed by atoms with van der Waals surface area (Å²) >= 11 is 0. The van der Waals surface area contributed by atoms with Crippen LogP contribution < -0.4 is 14.8 Å². The van der Waals surface area contributed by atoms with Crippen LogP contribution in [0.4, 0.5) is 10.1 Å². The van der Waals surface area contributed by atoms with E-state index in [2.05, 4.69) is 5.32 Å². The molecule has 2 rings (SSSR count). The van der Waals surface area contributed by atoms with Gasteiger partial charge in [-0.05, 0) is 50.6 Å². The Balaban J connectivity index is 2.15. The van der Waals surface area contributed by atoms with E-state index in [1.54, 1.807) is 44.2 Å². The summed E-state index contributed by atoms with van der Waals surface area (Å²) < 4.78 is 24.3. The molecule has 1 amide bonds. The van der Waals surface area contributed by atoms with Crippen molar-refractivity contribution in [2.24, 2.45) is 0 Å². The largest absolute Gasteiger partial charge is 0.497 e. The summed E-state index contributed by atoms with van der Waals surface area (Å²) in [5.41, 5.74) is 1.17. The second kappa shape index (κ2) is 7.79.